The van der Waals surface area contributed by atoms with Gasteiger partial charge in [-0.2, -0.15) is 0 Å². The van der Waals surface area contributed by atoms with Crippen molar-refractivity contribution >= 4 is 23.4 Å². The normalized spacial score (nSPS) is 21.3. The van der Waals surface area contributed by atoms with Gasteiger partial charge in [-0.3, -0.25) is 4.79 Å². The largest absolute Gasteiger partial charge is 0.311 e. The highest BCUT2D eigenvalue weighted by molar-refractivity contribution is 7.99. The average Bonchev–Trinajstić information content (AvgIpc) is 3.32. The van der Waals surface area contributed by atoms with Crippen LogP contribution in [0.1, 0.15) is 37.5 Å². The van der Waals surface area contributed by atoms with E-state index in [1.54, 1.807) is 28.8 Å². The maximum atomic E-state index is 13.4. The number of aromatic nitrogens is 4. The van der Waals surface area contributed by atoms with E-state index >= 15 is 0 Å². The average molecular weight is 347 g/mol. The molecule has 1 amide bonds. The lowest BCUT2D eigenvalue weighted by molar-refractivity contribution is -0.119. The molecule has 8 heteroatoms. The molecule has 2 heterocycles. The zero-order valence-corrected chi connectivity index (χ0v) is 14.0. The number of hydrogen-bond donors (Lipinski definition) is 0. The number of hydrogen-bond acceptors (Lipinski definition) is 5. The van der Waals surface area contributed by atoms with Crippen LogP contribution in [0.5, 0.6) is 0 Å². The van der Waals surface area contributed by atoms with Crippen molar-refractivity contribution in [2.75, 3.05) is 11.4 Å². The van der Waals surface area contributed by atoms with Gasteiger partial charge in [0.15, 0.2) is 5.82 Å². The molecule has 2 aromatic rings. The minimum absolute atomic E-state index is 0.0438. The van der Waals surface area contributed by atoms with Crippen molar-refractivity contribution in [1.29, 1.82) is 0 Å². The number of amides is 1. The number of carbonyl (C=O) groups is 1. The molecule has 6 nitrogen and oxygen atoms in total. The lowest BCUT2D eigenvalue weighted by Gasteiger charge is -2.32. The Morgan fingerprint density at radius 2 is 2.17 bits per heavy atom. The maximum Gasteiger partial charge on any atom is 0.240 e. The summed E-state index contributed by atoms with van der Waals surface area (Å²) < 4.78 is 15.3. The lowest BCUT2D eigenvalue weighted by Crippen LogP contribution is -2.43. The van der Waals surface area contributed by atoms with Crippen molar-refractivity contribution < 1.29 is 9.18 Å². The second-order valence-electron chi connectivity index (χ2n) is 6.18. The Labute approximate surface area is 143 Å². The Morgan fingerprint density at radius 1 is 1.29 bits per heavy atom. The van der Waals surface area contributed by atoms with Crippen LogP contribution in [0.2, 0.25) is 0 Å². The van der Waals surface area contributed by atoms with Crippen LogP contribution in [0, 0.1) is 5.82 Å². The van der Waals surface area contributed by atoms with Crippen molar-refractivity contribution in [3.63, 3.8) is 0 Å². The van der Waals surface area contributed by atoms with Crippen molar-refractivity contribution in [2.24, 2.45) is 0 Å². The molecule has 0 radical (unpaired) electrons. The maximum absolute atomic E-state index is 13.4. The number of thioether (sulfide) groups is 1. The van der Waals surface area contributed by atoms with Gasteiger partial charge in [-0.1, -0.05) is 6.07 Å². The van der Waals surface area contributed by atoms with Gasteiger partial charge in [0.1, 0.15) is 5.82 Å². The van der Waals surface area contributed by atoms with Crippen LogP contribution in [-0.2, 0) is 10.5 Å². The molecule has 1 aromatic heterocycles. The van der Waals surface area contributed by atoms with Crippen LogP contribution in [0.25, 0.3) is 0 Å². The second-order valence-corrected chi connectivity index (χ2v) is 7.37. The molecule has 2 fully saturated rings. The quantitative estimate of drug-likeness (QED) is 0.832. The summed E-state index contributed by atoms with van der Waals surface area (Å²) in [6.45, 7) is 0.638. The molecule has 0 N–H and O–H groups in total. The Bertz CT molecular complexity index is 748. The van der Waals surface area contributed by atoms with Gasteiger partial charge >= 0.3 is 0 Å². The molecule has 24 heavy (non-hydrogen) atoms. The van der Waals surface area contributed by atoms with E-state index in [1.165, 1.54) is 12.1 Å². The summed E-state index contributed by atoms with van der Waals surface area (Å²) in [6.07, 6.45) is 3.99. The molecule has 1 aliphatic carbocycles. The number of carbonyl (C=O) groups excluding carboxylic acids is 1. The number of benzene rings is 1. The highest BCUT2D eigenvalue weighted by atomic mass is 32.2. The van der Waals surface area contributed by atoms with Crippen LogP contribution >= 0.6 is 11.8 Å². The van der Waals surface area contributed by atoms with Crippen LogP contribution < -0.4 is 4.90 Å². The Kier molecular flexibility index (Phi) is 4.22. The van der Waals surface area contributed by atoms with Crippen molar-refractivity contribution in [2.45, 2.75) is 42.7 Å². The number of anilines is 1. The minimum Gasteiger partial charge on any atom is -0.311 e. The molecule has 1 saturated carbocycles. The predicted molar refractivity (Wildman–Crippen MR) is 89.2 cm³/mol. The Balaban J connectivity index is 1.43. The Hall–Kier alpha value is -1.96. The molecule has 0 spiro atoms. The van der Waals surface area contributed by atoms with Gasteiger partial charge in [-0.25, -0.2) is 9.07 Å². The molecule has 1 saturated heterocycles. The zero-order valence-electron chi connectivity index (χ0n) is 13.1. The first kappa shape index (κ1) is 15.6. The fourth-order valence-electron chi connectivity index (χ4n) is 2.98. The number of tetrazole rings is 1. The van der Waals surface area contributed by atoms with E-state index in [-0.39, 0.29) is 17.0 Å². The molecular formula is C16H18FN5OS. The third kappa shape index (κ3) is 3.15. The van der Waals surface area contributed by atoms with E-state index in [2.05, 4.69) is 15.5 Å². The minimum atomic E-state index is -0.321. The summed E-state index contributed by atoms with van der Waals surface area (Å²) in [4.78, 5) is 14.4. The summed E-state index contributed by atoms with van der Waals surface area (Å²) in [5.41, 5.74) is 0.633. The molecule has 1 aromatic carbocycles. The summed E-state index contributed by atoms with van der Waals surface area (Å²) in [6, 6.07) is 6.65. The first-order valence-electron chi connectivity index (χ1n) is 8.17. The summed E-state index contributed by atoms with van der Waals surface area (Å²) in [5, 5.41) is 11.7. The van der Waals surface area contributed by atoms with Gasteiger partial charge in [0.2, 0.25) is 5.91 Å². The van der Waals surface area contributed by atoms with E-state index in [0.29, 0.717) is 24.0 Å². The molecule has 1 aliphatic heterocycles. The van der Waals surface area contributed by atoms with E-state index in [9.17, 15) is 9.18 Å². The van der Waals surface area contributed by atoms with Gasteiger partial charge in [-0.05, 0) is 54.3 Å². The predicted octanol–water partition coefficient (Wildman–Crippen LogP) is 2.58. The molecule has 2 aliphatic rings. The SMILES string of the molecule is O=C1[C@@H](SCc2nnnn2C2CC2)CCCN1c1cccc(F)c1. The number of halogens is 1. The summed E-state index contributed by atoms with van der Waals surface area (Å²) in [5.74, 6) is 1.18. The van der Waals surface area contributed by atoms with Crippen LogP contribution in [0.3, 0.4) is 0 Å². The number of piperidine rings is 1. The molecule has 4 rings (SSSR count). The van der Waals surface area contributed by atoms with Crippen molar-refractivity contribution in [3.8, 4) is 0 Å². The molecule has 0 bridgehead atoms. The molecule has 1 atom stereocenters. The van der Waals surface area contributed by atoms with E-state index in [1.807, 2.05) is 4.68 Å². The van der Waals surface area contributed by atoms with Gasteiger partial charge in [0.05, 0.1) is 17.0 Å². The standard InChI is InChI=1S/C16H18FN5OS/c17-11-3-1-4-13(9-11)21-8-2-5-14(16(21)23)24-10-15-18-19-20-22(15)12-6-7-12/h1,3-4,9,12,14H,2,5-8,10H2/t14-/m0/s1. The molecular weight excluding hydrogens is 329 g/mol. The third-order valence-electron chi connectivity index (χ3n) is 4.38. The van der Waals surface area contributed by atoms with Gasteiger partial charge in [0, 0.05) is 12.2 Å². The van der Waals surface area contributed by atoms with Crippen LogP contribution in [0.4, 0.5) is 10.1 Å². The first-order valence-corrected chi connectivity index (χ1v) is 9.22. The highest BCUT2D eigenvalue weighted by Crippen LogP contribution is 2.36. The topological polar surface area (TPSA) is 63.9 Å². The zero-order chi connectivity index (χ0) is 16.5. The monoisotopic (exact) mass is 347 g/mol. The second kappa shape index (κ2) is 6.51. The van der Waals surface area contributed by atoms with Crippen molar-refractivity contribution in [3.05, 3.63) is 35.9 Å². The van der Waals surface area contributed by atoms with E-state index in [0.717, 1.165) is 31.5 Å². The smallest absolute Gasteiger partial charge is 0.240 e. The first-order chi connectivity index (χ1) is 11.7. The fourth-order valence-corrected chi connectivity index (χ4v) is 4.13. The Morgan fingerprint density at radius 3 is 2.96 bits per heavy atom. The summed E-state index contributed by atoms with van der Waals surface area (Å²) >= 11 is 1.58. The van der Waals surface area contributed by atoms with E-state index < -0.39 is 0 Å². The highest BCUT2D eigenvalue weighted by Gasteiger charge is 2.32. The lowest BCUT2D eigenvalue weighted by atomic mass is 10.1. The fraction of sp³-hybridized carbons (Fsp3) is 0.500. The molecule has 0 unspecified atom stereocenters. The van der Waals surface area contributed by atoms with Gasteiger partial charge < -0.3 is 4.90 Å². The van der Waals surface area contributed by atoms with Crippen LogP contribution in [-0.4, -0.2) is 37.9 Å². The number of rotatable bonds is 5. The molecule has 126 valence electrons. The summed E-state index contributed by atoms with van der Waals surface area (Å²) in [7, 11) is 0. The van der Waals surface area contributed by atoms with Crippen LogP contribution in [0.15, 0.2) is 24.3 Å². The number of nitrogens with zero attached hydrogens (tertiary/aromatic N) is 5. The van der Waals surface area contributed by atoms with Gasteiger partial charge in [-0.15, -0.1) is 16.9 Å². The van der Waals surface area contributed by atoms with Crippen molar-refractivity contribution in [1.82, 2.24) is 20.2 Å². The third-order valence-corrected chi connectivity index (χ3v) is 5.64. The van der Waals surface area contributed by atoms with E-state index in [4.69, 9.17) is 0 Å². The van der Waals surface area contributed by atoms with Gasteiger partial charge in [0.25, 0.3) is 0 Å².